The molecule has 3 nitrogen and oxygen atoms in total. The fraction of sp³-hybridized carbons (Fsp3) is 0.231. The van der Waals surface area contributed by atoms with Gasteiger partial charge in [0.1, 0.15) is 10.8 Å². The third-order valence-electron chi connectivity index (χ3n) is 2.66. The first-order chi connectivity index (χ1) is 9.51. The van der Waals surface area contributed by atoms with Crippen LogP contribution in [0.15, 0.2) is 28.1 Å². The van der Waals surface area contributed by atoms with E-state index in [0.717, 1.165) is 8.66 Å². The summed E-state index contributed by atoms with van der Waals surface area (Å²) < 4.78 is 1.04. The van der Waals surface area contributed by atoms with E-state index in [1.54, 1.807) is 28.4 Å². The van der Waals surface area contributed by atoms with Crippen molar-refractivity contribution in [3.63, 3.8) is 0 Å². The molecule has 0 unspecified atom stereocenters. The molecular weight excluding hydrogens is 383 g/mol. The normalized spacial score (nSPS) is 10.6. The molecule has 0 bridgehead atoms. The summed E-state index contributed by atoms with van der Waals surface area (Å²) in [5.41, 5.74) is 0.191. The minimum Gasteiger partial charge on any atom is -0.332 e. The summed E-state index contributed by atoms with van der Waals surface area (Å²) in [4.78, 5) is 19.3. The smallest absolute Gasteiger partial charge is 0.274 e. The van der Waals surface area contributed by atoms with Gasteiger partial charge in [-0.1, -0.05) is 23.2 Å². The van der Waals surface area contributed by atoms with Gasteiger partial charge in [0.25, 0.3) is 5.91 Å². The molecule has 7 heteroatoms. The van der Waals surface area contributed by atoms with Crippen LogP contribution in [0.3, 0.4) is 0 Å². The van der Waals surface area contributed by atoms with Gasteiger partial charge in [0.05, 0.1) is 15.4 Å². The van der Waals surface area contributed by atoms with Crippen molar-refractivity contribution in [3.8, 4) is 0 Å². The first-order valence-electron chi connectivity index (χ1n) is 5.86. The lowest BCUT2D eigenvalue weighted by Crippen LogP contribution is -2.31. The molecule has 20 heavy (non-hydrogen) atoms. The van der Waals surface area contributed by atoms with Gasteiger partial charge in [0.15, 0.2) is 0 Å². The van der Waals surface area contributed by atoms with E-state index >= 15 is 0 Å². The molecule has 2 rings (SSSR count). The number of hydrogen-bond donors (Lipinski definition) is 0. The van der Waals surface area contributed by atoms with Crippen molar-refractivity contribution >= 4 is 56.4 Å². The number of carbonyl (C=O) groups is 1. The van der Waals surface area contributed by atoms with Crippen LogP contribution in [0.4, 0.5) is 0 Å². The van der Waals surface area contributed by atoms with Gasteiger partial charge < -0.3 is 4.90 Å². The predicted octanol–water partition coefficient (Wildman–Crippen LogP) is 4.87. The number of rotatable bonds is 4. The molecule has 0 spiro atoms. The van der Waals surface area contributed by atoms with Crippen LogP contribution in [0.25, 0.3) is 0 Å². The van der Waals surface area contributed by atoms with E-state index in [9.17, 15) is 4.79 Å². The zero-order valence-electron chi connectivity index (χ0n) is 10.6. The lowest BCUT2D eigenvalue weighted by atomic mass is 10.3. The molecule has 2 aromatic rings. The maximum atomic E-state index is 12.5. The van der Waals surface area contributed by atoms with Gasteiger partial charge in [-0.05, 0) is 47.1 Å². The van der Waals surface area contributed by atoms with Crippen molar-refractivity contribution in [2.24, 2.45) is 0 Å². The molecule has 0 aliphatic carbocycles. The van der Waals surface area contributed by atoms with Gasteiger partial charge in [-0.25, -0.2) is 4.98 Å². The maximum Gasteiger partial charge on any atom is 0.274 e. The van der Waals surface area contributed by atoms with E-state index in [-0.39, 0.29) is 16.8 Å². The lowest BCUT2D eigenvalue weighted by Gasteiger charge is -2.20. The second-order valence-electron chi connectivity index (χ2n) is 3.99. The predicted molar refractivity (Wildman–Crippen MR) is 86.7 cm³/mol. The molecule has 1 amide bonds. The number of carbonyl (C=O) groups excluding carboxylic acids is 1. The Morgan fingerprint density at radius 2 is 2.10 bits per heavy atom. The standard InChI is InChI=1S/C13H11BrCl2N2OS/c1-2-18(7-8-3-5-10(14)20-8)13(19)12-9(15)4-6-11(16)17-12/h3-6H,2,7H2,1H3. The Kier molecular flexibility index (Phi) is 5.43. The molecule has 0 aliphatic heterocycles. The fourth-order valence-electron chi connectivity index (χ4n) is 1.67. The molecule has 0 fully saturated rings. The first kappa shape index (κ1) is 15.8. The minimum atomic E-state index is -0.218. The number of pyridine rings is 1. The quantitative estimate of drug-likeness (QED) is 0.694. The van der Waals surface area contributed by atoms with Crippen molar-refractivity contribution in [1.29, 1.82) is 0 Å². The second kappa shape index (κ2) is 6.89. The fourth-order valence-corrected chi connectivity index (χ4v) is 3.50. The summed E-state index contributed by atoms with van der Waals surface area (Å²) in [5.74, 6) is -0.218. The van der Waals surface area contributed by atoms with Crippen LogP contribution >= 0.6 is 50.5 Å². The molecule has 2 aromatic heterocycles. The Hall–Kier alpha value is -0.620. The van der Waals surface area contributed by atoms with Gasteiger partial charge in [0, 0.05) is 11.4 Å². The molecule has 106 valence electrons. The number of nitrogens with zero attached hydrogens (tertiary/aromatic N) is 2. The highest BCUT2D eigenvalue weighted by molar-refractivity contribution is 9.11. The Balaban J connectivity index is 2.22. The Labute approximate surface area is 139 Å². The van der Waals surface area contributed by atoms with E-state index in [2.05, 4.69) is 20.9 Å². The third kappa shape index (κ3) is 3.73. The molecule has 0 atom stereocenters. The zero-order valence-corrected chi connectivity index (χ0v) is 14.5. The van der Waals surface area contributed by atoms with E-state index < -0.39 is 0 Å². The average molecular weight is 394 g/mol. The van der Waals surface area contributed by atoms with Gasteiger partial charge in [-0.2, -0.15) is 0 Å². The van der Waals surface area contributed by atoms with Crippen LogP contribution in [-0.4, -0.2) is 22.3 Å². The van der Waals surface area contributed by atoms with Crippen LogP contribution in [0, 0.1) is 0 Å². The lowest BCUT2D eigenvalue weighted by molar-refractivity contribution is 0.0748. The van der Waals surface area contributed by atoms with Crippen molar-refractivity contribution in [1.82, 2.24) is 9.88 Å². The summed E-state index contributed by atoms with van der Waals surface area (Å²) in [6.07, 6.45) is 0. The zero-order chi connectivity index (χ0) is 14.7. The number of thiophene rings is 1. The summed E-state index contributed by atoms with van der Waals surface area (Å²) >= 11 is 16.9. The molecule has 0 N–H and O–H groups in total. The number of amides is 1. The first-order valence-corrected chi connectivity index (χ1v) is 8.23. The third-order valence-corrected chi connectivity index (χ3v) is 4.78. The van der Waals surface area contributed by atoms with Gasteiger partial charge >= 0.3 is 0 Å². The number of hydrogen-bond acceptors (Lipinski definition) is 3. The maximum absolute atomic E-state index is 12.5. The summed E-state index contributed by atoms with van der Waals surface area (Å²) in [6, 6.07) is 7.09. The number of halogens is 3. The SMILES string of the molecule is CCN(Cc1ccc(Br)s1)C(=O)c1nc(Cl)ccc1Cl. The van der Waals surface area contributed by atoms with Crippen LogP contribution in [0.2, 0.25) is 10.2 Å². The second-order valence-corrected chi connectivity index (χ2v) is 7.33. The van der Waals surface area contributed by atoms with Crippen molar-refractivity contribution in [2.45, 2.75) is 13.5 Å². The molecule has 0 radical (unpaired) electrons. The largest absolute Gasteiger partial charge is 0.332 e. The van der Waals surface area contributed by atoms with Crippen molar-refractivity contribution in [3.05, 3.63) is 48.8 Å². The van der Waals surface area contributed by atoms with E-state index in [4.69, 9.17) is 23.2 Å². The van der Waals surface area contributed by atoms with Gasteiger partial charge in [-0.15, -0.1) is 11.3 Å². The highest BCUT2D eigenvalue weighted by atomic mass is 79.9. The van der Waals surface area contributed by atoms with Crippen LogP contribution in [-0.2, 0) is 6.54 Å². The highest BCUT2D eigenvalue weighted by Gasteiger charge is 2.20. The van der Waals surface area contributed by atoms with E-state index in [0.29, 0.717) is 18.1 Å². The molecule has 0 saturated carbocycles. The topological polar surface area (TPSA) is 33.2 Å². The molecule has 0 aromatic carbocycles. The van der Waals surface area contributed by atoms with Gasteiger partial charge in [-0.3, -0.25) is 4.79 Å². The van der Waals surface area contributed by atoms with Crippen molar-refractivity contribution < 1.29 is 4.79 Å². The average Bonchev–Trinajstić information content (AvgIpc) is 2.83. The molecule has 0 aliphatic rings. The van der Waals surface area contributed by atoms with Crippen LogP contribution < -0.4 is 0 Å². The number of aromatic nitrogens is 1. The summed E-state index contributed by atoms with van der Waals surface area (Å²) in [5, 5.41) is 0.567. The molecule has 2 heterocycles. The van der Waals surface area contributed by atoms with Crippen LogP contribution in [0.5, 0.6) is 0 Å². The highest BCUT2D eigenvalue weighted by Crippen LogP contribution is 2.25. The van der Waals surface area contributed by atoms with E-state index in [1.165, 1.54) is 0 Å². The summed E-state index contributed by atoms with van der Waals surface area (Å²) in [6.45, 7) is 3.01. The van der Waals surface area contributed by atoms with Gasteiger partial charge in [0.2, 0.25) is 0 Å². The molecule has 0 saturated heterocycles. The van der Waals surface area contributed by atoms with Crippen molar-refractivity contribution in [2.75, 3.05) is 6.54 Å². The Bertz CT molecular complexity index is 633. The Morgan fingerprint density at radius 3 is 2.70 bits per heavy atom. The monoisotopic (exact) mass is 392 g/mol. The molecular formula is C13H11BrCl2N2OS. The van der Waals surface area contributed by atoms with Crippen LogP contribution in [0.1, 0.15) is 22.3 Å². The minimum absolute atomic E-state index is 0.191. The summed E-state index contributed by atoms with van der Waals surface area (Å²) in [7, 11) is 0. The van der Waals surface area contributed by atoms with E-state index in [1.807, 2.05) is 19.1 Å². The Morgan fingerprint density at radius 1 is 1.35 bits per heavy atom.